The first kappa shape index (κ1) is 14.6. The SMILES string of the molecule is Cc1cccc(NC(=O)/C=C/c2ccc(Cl)cc2Cl)c1. The third-order valence-electron chi connectivity index (χ3n) is 2.66. The van der Waals surface area contributed by atoms with E-state index in [9.17, 15) is 4.79 Å². The van der Waals surface area contributed by atoms with Crippen LogP contribution in [0.3, 0.4) is 0 Å². The Bertz CT molecular complexity index is 665. The van der Waals surface area contributed by atoms with Crippen molar-refractivity contribution in [3.8, 4) is 0 Å². The Hall–Kier alpha value is -1.77. The Morgan fingerprint density at radius 1 is 1.15 bits per heavy atom. The standard InChI is InChI=1S/C16H13Cl2NO/c1-11-3-2-4-14(9-11)19-16(20)8-6-12-5-7-13(17)10-15(12)18/h2-10H,1H3,(H,19,20)/b8-6+. The second-order valence-electron chi connectivity index (χ2n) is 4.36. The Kier molecular flexibility index (Phi) is 4.83. The first-order chi connectivity index (χ1) is 9.54. The lowest BCUT2D eigenvalue weighted by Crippen LogP contribution is -2.07. The predicted octanol–water partition coefficient (Wildman–Crippen LogP) is 4.95. The Morgan fingerprint density at radius 3 is 2.65 bits per heavy atom. The zero-order chi connectivity index (χ0) is 14.5. The van der Waals surface area contributed by atoms with Gasteiger partial charge in [-0.05, 0) is 48.4 Å². The highest BCUT2D eigenvalue weighted by Crippen LogP contribution is 2.22. The number of nitrogens with one attached hydrogen (secondary N) is 1. The van der Waals surface area contributed by atoms with Crippen molar-refractivity contribution in [1.82, 2.24) is 0 Å². The van der Waals surface area contributed by atoms with Gasteiger partial charge < -0.3 is 5.32 Å². The molecule has 0 spiro atoms. The van der Waals surface area contributed by atoms with E-state index in [1.54, 1.807) is 24.3 Å². The molecule has 0 aliphatic carbocycles. The van der Waals surface area contributed by atoms with Crippen LogP contribution >= 0.6 is 23.2 Å². The van der Waals surface area contributed by atoms with Crippen LogP contribution in [-0.4, -0.2) is 5.91 Å². The summed E-state index contributed by atoms with van der Waals surface area (Å²) < 4.78 is 0. The molecular formula is C16H13Cl2NO. The Labute approximate surface area is 128 Å². The van der Waals surface area contributed by atoms with Crippen molar-refractivity contribution in [1.29, 1.82) is 0 Å². The molecule has 2 aromatic rings. The molecule has 0 aromatic heterocycles. The molecule has 1 amide bonds. The number of anilines is 1. The van der Waals surface area contributed by atoms with Gasteiger partial charge in [0.1, 0.15) is 0 Å². The van der Waals surface area contributed by atoms with Crippen LogP contribution in [0.5, 0.6) is 0 Å². The maximum atomic E-state index is 11.8. The molecule has 0 saturated carbocycles. The summed E-state index contributed by atoms with van der Waals surface area (Å²) >= 11 is 11.8. The lowest BCUT2D eigenvalue weighted by Gasteiger charge is -2.03. The number of hydrogen-bond acceptors (Lipinski definition) is 1. The van der Waals surface area contributed by atoms with Crippen LogP contribution in [0, 0.1) is 6.92 Å². The average Bonchev–Trinajstić information content (AvgIpc) is 2.37. The Morgan fingerprint density at radius 2 is 1.95 bits per heavy atom. The van der Waals surface area contributed by atoms with E-state index in [2.05, 4.69) is 5.32 Å². The van der Waals surface area contributed by atoms with E-state index in [1.807, 2.05) is 31.2 Å². The van der Waals surface area contributed by atoms with Crippen molar-refractivity contribution in [3.05, 3.63) is 69.7 Å². The second kappa shape index (κ2) is 6.60. The van der Waals surface area contributed by atoms with Gasteiger partial charge in [0.15, 0.2) is 0 Å². The van der Waals surface area contributed by atoms with Gasteiger partial charge in [-0.3, -0.25) is 4.79 Å². The lowest BCUT2D eigenvalue weighted by atomic mass is 10.2. The normalized spacial score (nSPS) is 10.8. The van der Waals surface area contributed by atoms with E-state index in [4.69, 9.17) is 23.2 Å². The molecule has 0 unspecified atom stereocenters. The summed E-state index contributed by atoms with van der Waals surface area (Å²) in [7, 11) is 0. The number of benzene rings is 2. The van der Waals surface area contributed by atoms with Crippen molar-refractivity contribution in [2.24, 2.45) is 0 Å². The van der Waals surface area contributed by atoms with Gasteiger partial charge in [-0.15, -0.1) is 0 Å². The largest absolute Gasteiger partial charge is 0.323 e. The summed E-state index contributed by atoms with van der Waals surface area (Å²) in [4.78, 5) is 11.8. The summed E-state index contributed by atoms with van der Waals surface area (Å²) in [6.45, 7) is 1.97. The molecule has 0 saturated heterocycles. The first-order valence-electron chi connectivity index (χ1n) is 6.05. The van der Waals surface area contributed by atoms with Gasteiger partial charge in [0.05, 0.1) is 0 Å². The minimum Gasteiger partial charge on any atom is -0.323 e. The van der Waals surface area contributed by atoms with Crippen LogP contribution in [-0.2, 0) is 4.79 Å². The summed E-state index contributed by atoms with van der Waals surface area (Å²) in [6.07, 6.45) is 3.10. The van der Waals surface area contributed by atoms with E-state index in [0.29, 0.717) is 10.0 Å². The maximum Gasteiger partial charge on any atom is 0.248 e. The van der Waals surface area contributed by atoms with E-state index < -0.39 is 0 Å². The molecule has 2 rings (SSSR count). The van der Waals surface area contributed by atoms with E-state index >= 15 is 0 Å². The first-order valence-corrected chi connectivity index (χ1v) is 6.81. The average molecular weight is 306 g/mol. The number of aryl methyl sites for hydroxylation is 1. The molecule has 1 N–H and O–H groups in total. The fourth-order valence-electron chi connectivity index (χ4n) is 1.71. The number of hydrogen-bond donors (Lipinski definition) is 1. The highest BCUT2D eigenvalue weighted by molar-refractivity contribution is 6.35. The molecule has 102 valence electrons. The summed E-state index contributed by atoms with van der Waals surface area (Å²) in [5.74, 6) is -0.207. The third kappa shape index (κ3) is 4.12. The third-order valence-corrected chi connectivity index (χ3v) is 3.22. The molecule has 4 heteroatoms. The van der Waals surface area contributed by atoms with Crippen molar-refractivity contribution in [3.63, 3.8) is 0 Å². The second-order valence-corrected chi connectivity index (χ2v) is 5.20. The molecule has 0 bridgehead atoms. The summed E-state index contributed by atoms with van der Waals surface area (Å²) in [5, 5.41) is 3.87. The fourth-order valence-corrected chi connectivity index (χ4v) is 2.18. The fraction of sp³-hybridized carbons (Fsp3) is 0.0625. The highest BCUT2D eigenvalue weighted by Gasteiger charge is 2.00. The van der Waals surface area contributed by atoms with Crippen molar-refractivity contribution in [2.45, 2.75) is 6.92 Å². The van der Waals surface area contributed by atoms with Gasteiger partial charge in [-0.25, -0.2) is 0 Å². The molecule has 20 heavy (non-hydrogen) atoms. The van der Waals surface area contributed by atoms with Gasteiger partial charge in [-0.2, -0.15) is 0 Å². The Balaban J connectivity index is 2.06. The number of amides is 1. The van der Waals surface area contributed by atoms with E-state index in [-0.39, 0.29) is 5.91 Å². The van der Waals surface area contributed by atoms with Crippen LogP contribution in [0.25, 0.3) is 6.08 Å². The number of carbonyl (C=O) groups excluding carboxylic acids is 1. The molecular weight excluding hydrogens is 293 g/mol. The summed E-state index contributed by atoms with van der Waals surface area (Å²) in [5.41, 5.74) is 2.60. The number of rotatable bonds is 3. The molecule has 0 radical (unpaired) electrons. The molecule has 2 aromatic carbocycles. The molecule has 0 atom stereocenters. The van der Waals surface area contributed by atoms with Gasteiger partial charge in [0.2, 0.25) is 5.91 Å². The van der Waals surface area contributed by atoms with Crippen LogP contribution in [0.1, 0.15) is 11.1 Å². The number of carbonyl (C=O) groups is 1. The number of halogens is 2. The zero-order valence-corrected chi connectivity index (χ0v) is 12.4. The minimum atomic E-state index is -0.207. The highest BCUT2D eigenvalue weighted by atomic mass is 35.5. The molecule has 0 fully saturated rings. The van der Waals surface area contributed by atoms with E-state index in [0.717, 1.165) is 16.8 Å². The van der Waals surface area contributed by atoms with Gasteiger partial charge in [-0.1, -0.05) is 41.4 Å². The van der Waals surface area contributed by atoms with Crippen LogP contribution in [0.15, 0.2) is 48.5 Å². The molecule has 2 nitrogen and oxygen atoms in total. The van der Waals surface area contributed by atoms with Crippen molar-refractivity contribution >= 4 is 40.9 Å². The van der Waals surface area contributed by atoms with Crippen molar-refractivity contribution in [2.75, 3.05) is 5.32 Å². The predicted molar refractivity (Wildman–Crippen MR) is 85.3 cm³/mol. The van der Waals surface area contributed by atoms with Gasteiger partial charge in [0, 0.05) is 21.8 Å². The van der Waals surface area contributed by atoms with Crippen molar-refractivity contribution < 1.29 is 4.79 Å². The molecule has 0 heterocycles. The quantitative estimate of drug-likeness (QED) is 0.798. The lowest BCUT2D eigenvalue weighted by molar-refractivity contribution is -0.111. The molecule has 0 aliphatic heterocycles. The van der Waals surface area contributed by atoms with Gasteiger partial charge >= 0.3 is 0 Å². The van der Waals surface area contributed by atoms with Gasteiger partial charge in [0.25, 0.3) is 0 Å². The minimum absolute atomic E-state index is 0.207. The van der Waals surface area contributed by atoms with Crippen LogP contribution in [0.2, 0.25) is 10.0 Å². The smallest absolute Gasteiger partial charge is 0.248 e. The summed E-state index contributed by atoms with van der Waals surface area (Å²) in [6, 6.07) is 12.7. The monoisotopic (exact) mass is 305 g/mol. The van der Waals surface area contributed by atoms with Crippen LogP contribution < -0.4 is 5.32 Å². The van der Waals surface area contributed by atoms with E-state index in [1.165, 1.54) is 6.08 Å². The topological polar surface area (TPSA) is 29.1 Å². The van der Waals surface area contributed by atoms with Crippen LogP contribution in [0.4, 0.5) is 5.69 Å². The molecule has 0 aliphatic rings. The zero-order valence-electron chi connectivity index (χ0n) is 10.9. The maximum absolute atomic E-state index is 11.8.